The topological polar surface area (TPSA) is 68.7 Å². The molecule has 19 heavy (non-hydrogen) atoms. The second-order valence-electron chi connectivity index (χ2n) is 3.49. The number of carboxylic acids is 1. The van der Waals surface area contributed by atoms with Crippen LogP contribution in [0.4, 0.5) is 0 Å². The standard InChI is InChI=1S/C12H10BrNO4S/c1-17-7-5-3-4-6(9(7)18-2)10-8(11(15)16)14-12(13)19-10/h3-5H,1-2H3,(H,15,16). The molecule has 0 fully saturated rings. The van der Waals surface area contributed by atoms with Crippen LogP contribution in [0, 0.1) is 0 Å². The highest BCUT2D eigenvalue weighted by molar-refractivity contribution is 9.11. The first-order chi connectivity index (χ1) is 9.08. The molecule has 2 aromatic rings. The van der Waals surface area contributed by atoms with E-state index in [1.165, 1.54) is 25.6 Å². The number of hydrogen-bond donors (Lipinski definition) is 1. The molecule has 0 atom stereocenters. The Morgan fingerprint density at radius 1 is 1.37 bits per heavy atom. The van der Waals surface area contributed by atoms with Crippen LogP contribution < -0.4 is 9.47 Å². The third-order valence-corrected chi connectivity index (χ3v) is 3.99. The number of para-hydroxylation sites is 1. The van der Waals surface area contributed by atoms with Gasteiger partial charge in [-0.2, -0.15) is 0 Å². The minimum Gasteiger partial charge on any atom is -0.493 e. The van der Waals surface area contributed by atoms with Gasteiger partial charge in [0.15, 0.2) is 21.1 Å². The maximum absolute atomic E-state index is 11.2. The molecule has 1 aromatic heterocycles. The number of carboxylic acid groups (broad SMARTS) is 1. The van der Waals surface area contributed by atoms with E-state index in [4.69, 9.17) is 9.47 Å². The van der Waals surface area contributed by atoms with Gasteiger partial charge in [-0.05, 0) is 28.1 Å². The number of halogens is 1. The highest BCUT2D eigenvalue weighted by Crippen LogP contribution is 2.42. The minimum atomic E-state index is -1.08. The number of hydrogen-bond acceptors (Lipinski definition) is 5. The van der Waals surface area contributed by atoms with E-state index in [-0.39, 0.29) is 5.69 Å². The summed E-state index contributed by atoms with van der Waals surface area (Å²) in [6.07, 6.45) is 0. The first kappa shape index (κ1) is 13.8. The van der Waals surface area contributed by atoms with Crippen LogP contribution >= 0.6 is 27.3 Å². The summed E-state index contributed by atoms with van der Waals surface area (Å²) in [5, 5.41) is 9.18. The van der Waals surface area contributed by atoms with Crippen molar-refractivity contribution in [3.05, 3.63) is 27.8 Å². The Bertz CT molecular complexity index is 626. The van der Waals surface area contributed by atoms with E-state index >= 15 is 0 Å². The number of methoxy groups -OCH3 is 2. The summed E-state index contributed by atoms with van der Waals surface area (Å²) in [6, 6.07) is 5.29. The zero-order valence-corrected chi connectivity index (χ0v) is 12.5. The van der Waals surface area contributed by atoms with Crippen LogP contribution in [-0.2, 0) is 0 Å². The van der Waals surface area contributed by atoms with E-state index in [2.05, 4.69) is 20.9 Å². The van der Waals surface area contributed by atoms with Gasteiger partial charge in [-0.1, -0.05) is 6.07 Å². The first-order valence-corrected chi connectivity index (χ1v) is 6.80. The number of thiazole rings is 1. The Morgan fingerprint density at radius 2 is 2.11 bits per heavy atom. The van der Waals surface area contributed by atoms with Crippen LogP contribution in [-0.4, -0.2) is 30.3 Å². The molecule has 1 aromatic carbocycles. The van der Waals surface area contributed by atoms with Gasteiger partial charge in [-0.25, -0.2) is 9.78 Å². The molecular formula is C12H10BrNO4S. The van der Waals surface area contributed by atoms with E-state index in [0.29, 0.717) is 25.9 Å². The highest BCUT2D eigenvalue weighted by Gasteiger charge is 2.22. The van der Waals surface area contributed by atoms with E-state index in [0.717, 1.165) is 0 Å². The fourth-order valence-corrected chi connectivity index (χ4v) is 3.16. The van der Waals surface area contributed by atoms with Crippen molar-refractivity contribution in [2.75, 3.05) is 14.2 Å². The quantitative estimate of drug-likeness (QED) is 0.922. The Hall–Kier alpha value is -1.60. The van der Waals surface area contributed by atoms with Crippen LogP contribution in [0.3, 0.4) is 0 Å². The number of nitrogens with zero attached hydrogens (tertiary/aromatic N) is 1. The molecule has 0 saturated carbocycles. The SMILES string of the molecule is COc1cccc(-c2sc(Br)nc2C(=O)O)c1OC. The number of benzene rings is 1. The predicted molar refractivity (Wildman–Crippen MR) is 75.3 cm³/mol. The molecule has 0 radical (unpaired) electrons. The molecule has 0 bridgehead atoms. The number of rotatable bonds is 4. The molecule has 0 spiro atoms. The zero-order chi connectivity index (χ0) is 14.0. The van der Waals surface area contributed by atoms with E-state index in [9.17, 15) is 9.90 Å². The van der Waals surface area contributed by atoms with Gasteiger partial charge in [0.1, 0.15) is 0 Å². The smallest absolute Gasteiger partial charge is 0.356 e. The van der Waals surface area contributed by atoms with Crippen molar-refractivity contribution in [2.45, 2.75) is 0 Å². The molecular weight excluding hydrogens is 334 g/mol. The van der Waals surface area contributed by atoms with Crippen molar-refractivity contribution in [3.8, 4) is 21.9 Å². The predicted octanol–water partition coefficient (Wildman–Crippen LogP) is 3.29. The Labute approximate surface area is 121 Å². The largest absolute Gasteiger partial charge is 0.493 e. The lowest BCUT2D eigenvalue weighted by molar-refractivity contribution is 0.0692. The van der Waals surface area contributed by atoms with Gasteiger partial charge >= 0.3 is 5.97 Å². The number of carbonyl (C=O) groups is 1. The maximum atomic E-state index is 11.2. The Kier molecular flexibility index (Phi) is 4.06. The van der Waals surface area contributed by atoms with Gasteiger partial charge in [-0.3, -0.25) is 0 Å². The molecule has 1 N–H and O–H groups in total. The van der Waals surface area contributed by atoms with Crippen molar-refractivity contribution in [2.24, 2.45) is 0 Å². The fraction of sp³-hybridized carbons (Fsp3) is 0.167. The average Bonchev–Trinajstić information content (AvgIpc) is 2.79. The number of aromatic carboxylic acids is 1. The molecule has 1 heterocycles. The van der Waals surface area contributed by atoms with Crippen LogP contribution in [0.1, 0.15) is 10.5 Å². The van der Waals surface area contributed by atoms with Crippen molar-refractivity contribution in [1.82, 2.24) is 4.98 Å². The van der Waals surface area contributed by atoms with E-state index < -0.39 is 5.97 Å². The molecule has 100 valence electrons. The lowest BCUT2D eigenvalue weighted by Crippen LogP contribution is -2.00. The van der Waals surface area contributed by atoms with Crippen LogP contribution in [0.2, 0.25) is 0 Å². The first-order valence-electron chi connectivity index (χ1n) is 5.19. The maximum Gasteiger partial charge on any atom is 0.356 e. The second-order valence-corrected chi connectivity index (χ2v) is 5.77. The second kappa shape index (κ2) is 5.58. The molecule has 0 aliphatic carbocycles. The lowest BCUT2D eigenvalue weighted by atomic mass is 10.1. The minimum absolute atomic E-state index is 0.0107. The van der Waals surface area contributed by atoms with Gasteiger partial charge in [0.25, 0.3) is 0 Å². The monoisotopic (exact) mass is 343 g/mol. The van der Waals surface area contributed by atoms with Gasteiger partial charge in [0.2, 0.25) is 0 Å². The zero-order valence-electron chi connectivity index (χ0n) is 10.1. The molecule has 0 aliphatic rings. The van der Waals surface area contributed by atoms with Gasteiger partial charge < -0.3 is 14.6 Å². The summed E-state index contributed by atoms with van der Waals surface area (Å²) >= 11 is 4.44. The van der Waals surface area contributed by atoms with Gasteiger partial charge in [0.05, 0.1) is 19.1 Å². The Balaban J connectivity index is 2.68. The third kappa shape index (κ3) is 2.57. The molecule has 0 unspecified atom stereocenters. The van der Waals surface area contributed by atoms with Crippen molar-refractivity contribution < 1.29 is 19.4 Å². The molecule has 0 saturated heterocycles. The third-order valence-electron chi connectivity index (χ3n) is 2.45. The number of aromatic nitrogens is 1. The van der Waals surface area contributed by atoms with E-state index in [1.807, 2.05) is 0 Å². The molecule has 7 heteroatoms. The van der Waals surface area contributed by atoms with Gasteiger partial charge in [0, 0.05) is 5.56 Å². The van der Waals surface area contributed by atoms with Crippen molar-refractivity contribution in [3.63, 3.8) is 0 Å². The average molecular weight is 344 g/mol. The fourth-order valence-electron chi connectivity index (χ4n) is 1.69. The summed E-state index contributed by atoms with van der Waals surface area (Å²) < 4.78 is 11.0. The summed E-state index contributed by atoms with van der Waals surface area (Å²) in [4.78, 5) is 15.7. The lowest BCUT2D eigenvalue weighted by Gasteiger charge is -2.11. The summed E-state index contributed by atoms with van der Waals surface area (Å²) in [6.45, 7) is 0. The summed E-state index contributed by atoms with van der Waals surface area (Å²) in [5.41, 5.74) is 0.630. The molecule has 5 nitrogen and oxygen atoms in total. The normalized spacial score (nSPS) is 10.3. The van der Waals surface area contributed by atoms with Crippen LogP contribution in [0.25, 0.3) is 10.4 Å². The molecule has 0 amide bonds. The van der Waals surface area contributed by atoms with Gasteiger partial charge in [-0.15, -0.1) is 11.3 Å². The summed E-state index contributed by atoms with van der Waals surface area (Å²) in [7, 11) is 3.04. The number of ether oxygens (including phenoxy) is 2. The molecule has 2 rings (SSSR count). The van der Waals surface area contributed by atoms with E-state index in [1.54, 1.807) is 18.2 Å². The highest BCUT2D eigenvalue weighted by atomic mass is 79.9. The van der Waals surface area contributed by atoms with Crippen molar-refractivity contribution >= 4 is 33.2 Å². The van der Waals surface area contributed by atoms with Crippen LogP contribution in [0.5, 0.6) is 11.5 Å². The van der Waals surface area contributed by atoms with Crippen LogP contribution in [0.15, 0.2) is 22.1 Å². The van der Waals surface area contributed by atoms with Crippen molar-refractivity contribution in [1.29, 1.82) is 0 Å². The molecule has 0 aliphatic heterocycles. The summed E-state index contributed by atoms with van der Waals surface area (Å²) in [5.74, 6) is -0.0497. The Morgan fingerprint density at radius 3 is 2.68 bits per heavy atom.